The summed E-state index contributed by atoms with van der Waals surface area (Å²) in [5.41, 5.74) is -3.44. The highest BCUT2D eigenvalue weighted by Gasteiger charge is 2.55. The highest BCUT2D eigenvalue weighted by atomic mass is 19.4. The van der Waals surface area contributed by atoms with Crippen molar-refractivity contribution in [3.05, 3.63) is 27.2 Å². The molecule has 2 atom stereocenters. The minimum atomic E-state index is -4.79. The van der Waals surface area contributed by atoms with Crippen LogP contribution in [0.25, 0.3) is 11.2 Å². The van der Waals surface area contributed by atoms with Crippen LogP contribution in [0, 0.1) is 5.92 Å². The van der Waals surface area contributed by atoms with Gasteiger partial charge in [-0.1, -0.05) is 6.42 Å². The highest BCUT2D eigenvalue weighted by molar-refractivity contribution is 5.69. The van der Waals surface area contributed by atoms with Crippen molar-refractivity contribution in [2.24, 2.45) is 13.0 Å². The van der Waals surface area contributed by atoms with Crippen molar-refractivity contribution >= 4 is 11.2 Å². The number of halogens is 3. The topological polar surface area (TPSA) is 91.3 Å². The van der Waals surface area contributed by atoms with E-state index in [0.717, 1.165) is 23.8 Å². The summed E-state index contributed by atoms with van der Waals surface area (Å²) in [6.07, 6.45) is -1.36. The average Bonchev–Trinajstić information content (AvgIpc) is 3.05. The third kappa shape index (κ3) is 3.39. The van der Waals surface area contributed by atoms with Crippen molar-refractivity contribution in [1.29, 1.82) is 0 Å². The third-order valence-electron chi connectivity index (χ3n) is 6.13. The van der Waals surface area contributed by atoms with Crippen LogP contribution in [0.5, 0.6) is 0 Å². The summed E-state index contributed by atoms with van der Waals surface area (Å²) in [7, 11) is 1.51. The molecule has 1 aliphatic heterocycles. The van der Waals surface area contributed by atoms with E-state index < -0.39 is 42.2 Å². The van der Waals surface area contributed by atoms with E-state index in [0.29, 0.717) is 18.0 Å². The summed E-state index contributed by atoms with van der Waals surface area (Å²) < 4.78 is 48.0. The number of hydrogen-bond donors (Lipinski definition) is 1. The molecular formula is C18H23F3N4O4. The zero-order valence-corrected chi connectivity index (χ0v) is 16.0. The largest absolute Gasteiger partial charge is 0.419 e. The highest BCUT2D eigenvalue weighted by Crippen LogP contribution is 2.38. The summed E-state index contributed by atoms with van der Waals surface area (Å²) in [6, 6.07) is 0. The molecule has 29 heavy (non-hydrogen) atoms. The Balaban J connectivity index is 1.62. The molecule has 0 aromatic carbocycles. The summed E-state index contributed by atoms with van der Waals surface area (Å²) in [5, 5.41) is 9.71. The number of imidazole rings is 1. The van der Waals surface area contributed by atoms with Gasteiger partial charge < -0.3 is 14.4 Å². The van der Waals surface area contributed by atoms with Crippen LogP contribution in [0.2, 0.25) is 0 Å². The molecule has 2 aromatic rings. The lowest BCUT2D eigenvalue weighted by molar-refractivity contribution is -0.295. The molecule has 0 bridgehead atoms. The molecule has 8 nitrogen and oxygen atoms in total. The van der Waals surface area contributed by atoms with Gasteiger partial charge in [0.05, 0.1) is 25.6 Å². The Bertz CT molecular complexity index is 1030. The lowest BCUT2D eigenvalue weighted by Gasteiger charge is -2.37. The van der Waals surface area contributed by atoms with Gasteiger partial charge in [0.15, 0.2) is 16.8 Å². The molecule has 2 aliphatic rings. The van der Waals surface area contributed by atoms with E-state index in [1.54, 1.807) is 10.9 Å². The van der Waals surface area contributed by atoms with E-state index in [1.165, 1.54) is 11.6 Å². The van der Waals surface area contributed by atoms with Crippen molar-refractivity contribution in [2.75, 3.05) is 6.61 Å². The number of alkyl halides is 3. The predicted molar refractivity (Wildman–Crippen MR) is 96.6 cm³/mol. The van der Waals surface area contributed by atoms with E-state index >= 15 is 0 Å². The molecule has 11 heteroatoms. The fraction of sp³-hybridized carbons (Fsp3) is 0.722. The first-order chi connectivity index (χ1) is 13.6. The quantitative estimate of drug-likeness (QED) is 0.808. The number of nitrogens with zero attached hydrogens (tertiary/aromatic N) is 4. The third-order valence-corrected chi connectivity index (χ3v) is 6.13. The Morgan fingerprint density at radius 3 is 2.55 bits per heavy atom. The standard InChI is InChI=1S/C18H23F3N4O4/c1-23-14-13(24(10-22-14)7-11-3-2-4-11)15(26)25(16(23)27)8-12-5-6-17(28,9-29-12)18(19,20)21/h10-12,28H,2-9H2,1H3. The summed E-state index contributed by atoms with van der Waals surface area (Å²) in [5.74, 6) is 0.471. The Morgan fingerprint density at radius 1 is 1.28 bits per heavy atom. The zero-order valence-electron chi connectivity index (χ0n) is 16.0. The van der Waals surface area contributed by atoms with E-state index in [1.807, 2.05) is 0 Å². The molecule has 4 rings (SSSR count). The molecule has 2 unspecified atom stereocenters. The van der Waals surface area contributed by atoms with Gasteiger partial charge in [0.1, 0.15) is 0 Å². The average molecular weight is 416 g/mol. The first-order valence-corrected chi connectivity index (χ1v) is 9.66. The molecule has 2 aromatic heterocycles. The Kier molecular flexibility index (Phi) is 4.85. The van der Waals surface area contributed by atoms with Gasteiger partial charge in [-0.3, -0.25) is 13.9 Å². The maximum absolute atomic E-state index is 13.0. The fourth-order valence-electron chi connectivity index (χ4n) is 3.96. The molecule has 1 saturated carbocycles. The number of aliphatic hydroxyl groups is 1. The van der Waals surface area contributed by atoms with Crippen molar-refractivity contribution < 1.29 is 23.0 Å². The lowest BCUT2D eigenvalue weighted by atomic mass is 9.85. The smallest absolute Gasteiger partial charge is 0.379 e. The van der Waals surface area contributed by atoms with Gasteiger partial charge in [-0.25, -0.2) is 9.78 Å². The first-order valence-electron chi connectivity index (χ1n) is 9.66. The molecule has 3 heterocycles. The SMILES string of the molecule is Cn1c(=O)n(CC2CCC(O)(C(F)(F)F)CO2)c(=O)c2c1ncn2CC1CCC1. The summed E-state index contributed by atoms with van der Waals surface area (Å²) in [6.45, 7) is -0.454. The van der Waals surface area contributed by atoms with Gasteiger partial charge >= 0.3 is 11.9 Å². The van der Waals surface area contributed by atoms with Crippen LogP contribution in [0.3, 0.4) is 0 Å². The number of fused-ring (bicyclic) bond motifs is 1. The van der Waals surface area contributed by atoms with E-state index in [9.17, 15) is 27.9 Å². The number of ether oxygens (including phenoxy) is 1. The van der Waals surface area contributed by atoms with Gasteiger partial charge in [-0.05, 0) is 31.6 Å². The fourth-order valence-corrected chi connectivity index (χ4v) is 3.96. The molecule has 160 valence electrons. The van der Waals surface area contributed by atoms with Crippen molar-refractivity contribution in [3.8, 4) is 0 Å². The number of hydrogen-bond acceptors (Lipinski definition) is 5. The molecule has 2 fully saturated rings. The van der Waals surface area contributed by atoms with Crippen LogP contribution < -0.4 is 11.2 Å². The maximum Gasteiger partial charge on any atom is 0.419 e. The van der Waals surface area contributed by atoms with Gasteiger partial charge in [-0.15, -0.1) is 0 Å². The zero-order chi connectivity index (χ0) is 21.0. The minimum Gasteiger partial charge on any atom is -0.379 e. The minimum absolute atomic E-state index is 0.120. The van der Waals surface area contributed by atoms with Crippen LogP contribution in [0.1, 0.15) is 32.1 Å². The maximum atomic E-state index is 13.0. The Morgan fingerprint density at radius 2 is 2.00 bits per heavy atom. The normalized spacial score (nSPS) is 26.0. The molecule has 1 aliphatic carbocycles. The van der Waals surface area contributed by atoms with Gasteiger partial charge in [0.2, 0.25) is 0 Å². The number of rotatable bonds is 4. The van der Waals surface area contributed by atoms with Gasteiger partial charge in [-0.2, -0.15) is 13.2 Å². The van der Waals surface area contributed by atoms with E-state index in [4.69, 9.17) is 4.74 Å². The lowest BCUT2D eigenvalue weighted by Crippen LogP contribution is -2.54. The van der Waals surface area contributed by atoms with Crippen LogP contribution in [-0.4, -0.2) is 48.3 Å². The number of aromatic nitrogens is 4. The second-order valence-electron chi connectivity index (χ2n) is 8.12. The predicted octanol–water partition coefficient (Wildman–Crippen LogP) is 1.17. The van der Waals surface area contributed by atoms with Crippen LogP contribution in [0.4, 0.5) is 13.2 Å². The Labute approximate surface area is 163 Å². The van der Waals surface area contributed by atoms with E-state index in [-0.39, 0.29) is 18.6 Å². The van der Waals surface area contributed by atoms with Gasteiger partial charge in [0, 0.05) is 13.6 Å². The molecule has 0 radical (unpaired) electrons. The van der Waals surface area contributed by atoms with Gasteiger partial charge in [0.25, 0.3) is 5.56 Å². The van der Waals surface area contributed by atoms with E-state index in [2.05, 4.69) is 4.98 Å². The van der Waals surface area contributed by atoms with Crippen LogP contribution in [0.15, 0.2) is 15.9 Å². The molecule has 0 spiro atoms. The van der Waals surface area contributed by atoms with Crippen LogP contribution in [-0.2, 0) is 24.9 Å². The van der Waals surface area contributed by atoms with Crippen molar-refractivity contribution in [2.45, 2.75) is 63.1 Å². The van der Waals surface area contributed by atoms with Crippen molar-refractivity contribution in [1.82, 2.24) is 18.7 Å². The van der Waals surface area contributed by atoms with Crippen LogP contribution >= 0.6 is 0 Å². The Hall–Kier alpha value is -2.14. The monoisotopic (exact) mass is 416 g/mol. The first kappa shape index (κ1) is 20.1. The second kappa shape index (κ2) is 6.98. The summed E-state index contributed by atoms with van der Waals surface area (Å²) in [4.78, 5) is 29.9. The molecule has 1 N–H and O–H groups in total. The molecule has 1 saturated heterocycles. The molecular weight excluding hydrogens is 393 g/mol. The number of aryl methyl sites for hydroxylation is 1. The second-order valence-corrected chi connectivity index (χ2v) is 8.12. The summed E-state index contributed by atoms with van der Waals surface area (Å²) >= 11 is 0. The van der Waals surface area contributed by atoms with Crippen molar-refractivity contribution in [3.63, 3.8) is 0 Å². The molecule has 0 amide bonds.